The van der Waals surface area contributed by atoms with Gasteiger partial charge in [-0.2, -0.15) is 0 Å². The van der Waals surface area contributed by atoms with Gasteiger partial charge in [-0.15, -0.1) is 0 Å². The molecule has 0 bridgehead atoms. The summed E-state index contributed by atoms with van der Waals surface area (Å²) < 4.78 is 11.5. The molecule has 0 atom stereocenters. The van der Waals surface area contributed by atoms with Crippen LogP contribution >= 0.6 is 15.9 Å². The van der Waals surface area contributed by atoms with Crippen LogP contribution in [0.5, 0.6) is 0 Å². The third kappa shape index (κ3) is 3.41. The predicted molar refractivity (Wildman–Crippen MR) is 73.2 cm³/mol. The number of oxazole rings is 1. The van der Waals surface area contributed by atoms with Gasteiger partial charge in [0, 0.05) is 30.2 Å². The number of nitrogens with one attached hydrogen (secondary N) is 1. The fourth-order valence-corrected chi connectivity index (χ4v) is 1.88. The Kier molecular flexibility index (Phi) is 4.92. The average Bonchev–Trinajstić information content (AvgIpc) is 2.84. The number of halogens is 1. The Bertz CT molecular complexity index is 482. The van der Waals surface area contributed by atoms with E-state index >= 15 is 0 Å². The van der Waals surface area contributed by atoms with E-state index in [1.165, 1.54) is 6.39 Å². The molecule has 96 valence electrons. The number of rotatable bonds is 6. The van der Waals surface area contributed by atoms with E-state index in [2.05, 4.69) is 26.2 Å². The summed E-state index contributed by atoms with van der Waals surface area (Å²) in [7, 11) is 1.69. The molecule has 0 saturated carbocycles. The third-order valence-electron chi connectivity index (χ3n) is 2.52. The zero-order chi connectivity index (χ0) is 12.8. The second kappa shape index (κ2) is 6.68. The molecule has 2 rings (SSSR count). The lowest BCUT2D eigenvalue weighted by Gasteiger charge is -2.04. The largest absolute Gasteiger partial charge is 0.443 e. The van der Waals surface area contributed by atoms with Gasteiger partial charge in [0.25, 0.3) is 0 Å². The molecule has 1 heterocycles. The van der Waals surface area contributed by atoms with E-state index < -0.39 is 0 Å². The first kappa shape index (κ1) is 13.3. The molecule has 1 aromatic heterocycles. The summed E-state index contributed by atoms with van der Waals surface area (Å²) in [4.78, 5) is 4.23. The lowest BCUT2D eigenvalue weighted by molar-refractivity contribution is 0.199. The minimum atomic E-state index is 0.672. The summed E-state index contributed by atoms with van der Waals surface area (Å²) in [5.74, 6) is 0.812. The molecule has 4 nitrogen and oxygen atoms in total. The molecule has 0 amide bonds. The molecule has 2 aromatic rings. The minimum Gasteiger partial charge on any atom is -0.443 e. The van der Waals surface area contributed by atoms with Gasteiger partial charge in [0.2, 0.25) is 0 Å². The first-order valence-electron chi connectivity index (χ1n) is 5.69. The van der Waals surface area contributed by atoms with Crippen molar-refractivity contribution in [1.82, 2.24) is 10.3 Å². The molecule has 0 aliphatic rings. The number of aromatic nitrogens is 1. The van der Waals surface area contributed by atoms with Crippen molar-refractivity contribution in [2.24, 2.45) is 0 Å². The van der Waals surface area contributed by atoms with Gasteiger partial charge < -0.3 is 14.5 Å². The van der Waals surface area contributed by atoms with Crippen LogP contribution in [-0.2, 0) is 11.3 Å². The summed E-state index contributed by atoms with van der Waals surface area (Å²) in [6.07, 6.45) is 1.48. The van der Waals surface area contributed by atoms with Crippen LogP contribution in [0.1, 0.15) is 5.69 Å². The molecule has 0 radical (unpaired) electrons. The van der Waals surface area contributed by atoms with Crippen molar-refractivity contribution >= 4 is 15.9 Å². The molecular formula is C13H15BrN2O2. The summed E-state index contributed by atoms with van der Waals surface area (Å²) in [5.41, 5.74) is 1.94. The molecule has 5 heteroatoms. The SMILES string of the molecule is COCCNCc1ncoc1-c1ccc(Br)cc1. The average molecular weight is 311 g/mol. The van der Waals surface area contributed by atoms with E-state index in [4.69, 9.17) is 9.15 Å². The number of ether oxygens (including phenoxy) is 1. The Morgan fingerprint density at radius 2 is 2.11 bits per heavy atom. The molecule has 18 heavy (non-hydrogen) atoms. The Balaban J connectivity index is 2.05. The van der Waals surface area contributed by atoms with Crippen molar-refractivity contribution in [2.45, 2.75) is 6.54 Å². The topological polar surface area (TPSA) is 47.3 Å². The first-order chi connectivity index (χ1) is 8.81. The van der Waals surface area contributed by atoms with Gasteiger partial charge in [-0.1, -0.05) is 28.1 Å². The summed E-state index contributed by atoms with van der Waals surface area (Å²) in [6, 6.07) is 7.98. The van der Waals surface area contributed by atoms with E-state index in [-0.39, 0.29) is 0 Å². The first-order valence-corrected chi connectivity index (χ1v) is 6.48. The standard InChI is InChI=1S/C13H15BrN2O2/c1-17-7-6-15-8-12-13(18-9-16-12)10-2-4-11(14)5-3-10/h2-5,9,15H,6-8H2,1H3. The maximum Gasteiger partial charge on any atom is 0.181 e. The van der Waals surface area contributed by atoms with Crippen LogP contribution in [0.2, 0.25) is 0 Å². The van der Waals surface area contributed by atoms with Gasteiger partial charge >= 0.3 is 0 Å². The monoisotopic (exact) mass is 310 g/mol. The molecule has 0 unspecified atom stereocenters. The van der Waals surface area contributed by atoms with Gasteiger partial charge in [0.1, 0.15) is 5.69 Å². The smallest absolute Gasteiger partial charge is 0.181 e. The van der Waals surface area contributed by atoms with Gasteiger partial charge in [-0.05, 0) is 12.1 Å². The van der Waals surface area contributed by atoms with Gasteiger partial charge in [-0.25, -0.2) is 4.98 Å². The van der Waals surface area contributed by atoms with E-state index in [9.17, 15) is 0 Å². The number of nitrogens with zero attached hydrogens (tertiary/aromatic N) is 1. The third-order valence-corrected chi connectivity index (χ3v) is 3.05. The van der Waals surface area contributed by atoms with E-state index in [0.717, 1.165) is 28.0 Å². The Hall–Kier alpha value is -1.17. The zero-order valence-electron chi connectivity index (χ0n) is 10.1. The molecule has 0 fully saturated rings. The molecule has 1 aromatic carbocycles. The molecule has 0 spiro atoms. The van der Waals surface area contributed by atoms with Crippen LogP contribution in [0.3, 0.4) is 0 Å². The van der Waals surface area contributed by atoms with Crippen LogP contribution < -0.4 is 5.32 Å². The van der Waals surface area contributed by atoms with Crippen LogP contribution in [0.4, 0.5) is 0 Å². The van der Waals surface area contributed by atoms with Gasteiger partial charge in [-0.3, -0.25) is 0 Å². The summed E-state index contributed by atoms with van der Waals surface area (Å²) >= 11 is 3.41. The quantitative estimate of drug-likeness (QED) is 0.833. The summed E-state index contributed by atoms with van der Waals surface area (Å²) in [6.45, 7) is 2.15. The highest BCUT2D eigenvalue weighted by atomic mass is 79.9. The highest BCUT2D eigenvalue weighted by Gasteiger charge is 2.09. The Morgan fingerprint density at radius 3 is 2.83 bits per heavy atom. The lowest BCUT2D eigenvalue weighted by Crippen LogP contribution is -2.19. The highest BCUT2D eigenvalue weighted by Crippen LogP contribution is 2.24. The number of benzene rings is 1. The molecular weight excluding hydrogens is 296 g/mol. The number of hydrogen-bond donors (Lipinski definition) is 1. The van der Waals surface area contributed by atoms with Crippen molar-refractivity contribution in [1.29, 1.82) is 0 Å². The lowest BCUT2D eigenvalue weighted by atomic mass is 10.1. The number of methoxy groups -OCH3 is 1. The maximum absolute atomic E-state index is 5.45. The highest BCUT2D eigenvalue weighted by molar-refractivity contribution is 9.10. The second-order valence-corrected chi connectivity index (χ2v) is 4.72. The van der Waals surface area contributed by atoms with E-state index in [0.29, 0.717) is 13.2 Å². The van der Waals surface area contributed by atoms with Crippen molar-refractivity contribution in [3.05, 3.63) is 40.8 Å². The molecule has 1 N–H and O–H groups in total. The van der Waals surface area contributed by atoms with Gasteiger partial charge in [0.15, 0.2) is 12.2 Å². The zero-order valence-corrected chi connectivity index (χ0v) is 11.7. The van der Waals surface area contributed by atoms with Crippen LogP contribution in [0.15, 0.2) is 39.5 Å². The fourth-order valence-electron chi connectivity index (χ4n) is 1.61. The second-order valence-electron chi connectivity index (χ2n) is 3.80. The van der Waals surface area contributed by atoms with Crippen molar-refractivity contribution in [2.75, 3.05) is 20.3 Å². The van der Waals surface area contributed by atoms with Crippen molar-refractivity contribution < 1.29 is 9.15 Å². The maximum atomic E-state index is 5.45. The molecule has 0 aliphatic carbocycles. The van der Waals surface area contributed by atoms with Gasteiger partial charge in [0.05, 0.1) is 6.61 Å². The van der Waals surface area contributed by atoms with Crippen LogP contribution in [0.25, 0.3) is 11.3 Å². The Labute approximate surface area is 114 Å². The summed E-state index contributed by atoms with van der Waals surface area (Å²) in [5, 5.41) is 3.25. The Morgan fingerprint density at radius 1 is 1.33 bits per heavy atom. The molecule has 0 saturated heterocycles. The van der Waals surface area contributed by atoms with Crippen LogP contribution in [-0.4, -0.2) is 25.2 Å². The van der Waals surface area contributed by atoms with E-state index in [1.54, 1.807) is 7.11 Å². The fraction of sp³-hybridized carbons (Fsp3) is 0.308. The normalized spacial score (nSPS) is 10.8. The number of hydrogen-bond acceptors (Lipinski definition) is 4. The minimum absolute atomic E-state index is 0.672. The van der Waals surface area contributed by atoms with E-state index in [1.807, 2.05) is 24.3 Å². The van der Waals surface area contributed by atoms with Crippen molar-refractivity contribution in [3.63, 3.8) is 0 Å². The predicted octanol–water partition coefficient (Wildman–Crippen LogP) is 2.84. The van der Waals surface area contributed by atoms with Crippen LogP contribution in [0, 0.1) is 0 Å². The molecule has 0 aliphatic heterocycles. The van der Waals surface area contributed by atoms with Crippen molar-refractivity contribution in [3.8, 4) is 11.3 Å².